The molecule has 3 unspecified atom stereocenters. The van der Waals surface area contributed by atoms with Gasteiger partial charge in [-0.3, -0.25) is 4.90 Å². The number of hydrogen-bond acceptors (Lipinski definition) is 3. The van der Waals surface area contributed by atoms with E-state index in [4.69, 9.17) is 4.74 Å². The average Bonchev–Trinajstić information content (AvgIpc) is 2.98. The van der Waals surface area contributed by atoms with E-state index in [0.717, 1.165) is 38.2 Å². The topological polar surface area (TPSA) is 32.7 Å². The van der Waals surface area contributed by atoms with E-state index in [1.165, 1.54) is 5.56 Å². The molecule has 3 heteroatoms. The molecule has 0 amide bonds. The first-order valence-corrected chi connectivity index (χ1v) is 6.79. The zero-order valence-corrected chi connectivity index (χ0v) is 10.9. The molecule has 1 aromatic carbocycles. The molecule has 0 spiro atoms. The van der Waals surface area contributed by atoms with Crippen molar-refractivity contribution in [3.05, 3.63) is 35.4 Å². The molecule has 1 fully saturated rings. The predicted octanol–water partition coefficient (Wildman–Crippen LogP) is 1.61. The summed E-state index contributed by atoms with van der Waals surface area (Å²) < 4.78 is 5.42. The van der Waals surface area contributed by atoms with Crippen molar-refractivity contribution in [1.29, 1.82) is 0 Å². The highest BCUT2D eigenvalue weighted by Crippen LogP contribution is 2.34. The molecule has 1 aliphatic carbocycles. The van der Waals surface area contributed by atoms with Crippen LogP contribution in [0.4, 0.5) is 0 Å². The van der Waals surface area contributed by atoms with Crippen molar-refractivity contribution < 1.29 is 9.84 Å². The van der Waals surface area contributed by atoms with Gasteiger partial charge in [0, 0.05) is 19.2 Å². The van der Waals surface area contributed by atoms with E-state index >= 15 is 0 Å². The Kier molecular flexibility index (Phi) is 3.37. The van der Waals surface area contributed by atoms with Crippen molar-refractivity contribution in [3.63, 3.8) is 0 Å². The maximum absolute atomic E-state index is 10.4. The molecule has 1 saturated heterocycles. The van der Waals surface area contributed by atoms with Gasteiger partial charge in [0.1, 0.15) is 0 Å². The summed E-state index contributed by atoms with van der Waals surface area (Å²) in [6.45, 7) is 2.79. The molecule has 0 aromatic heterocycles. The molecule has 1 N–H and O–H groups in total. The van der Waals surface area contributed by atoms with E-state index in [1.54, 1.807) is 0 Å². The van der Waals surface area contributed by atoms with Crippen molar-refractivity contribution in [2.24, 2.45) is 5.92 Å². The molecule has 1 aliphatic heterocycles. The molecule has 3 nitrogen and oxygen atoms in total. The van der Waals surface area contributed by atoms with Gasteiger partial charge >= 0.3 is 0 Å². The number of aliphatic hydroxyl groups is 1. The van der Waals surface area contributed by atoms with Crippen LogP contribution in [-0.2, 0) is 11.2 Å². The summed E-state index contributed by atoms with van der Waals surface area (Å²) in [6.07, 6.45) is 1.77. The Balaban J connectivity index is 1.67. The van der Waals surface area contributed by atoms with Crippen LogP contribution in [0.15, 0.2) is 24.3 Å². The lowest BCUT2D eigenvalue weighted by Gasteiger charge is -2.29. The molecule has 18 heavy (non-hydrogen) atoms. The summed E-state index contributed by atoms with van der Waals surface area (Å²) in [5.74, 6) is 0.630. The van der Waals surface area contributed by atoms with Crippen LogP contribution in [0.2, 0.25) is 0 Å². The van der Waals surface area contributed by atoms with E-state index in [1.807, 2.05) is 12.1 Å². The normalized spacial score (nSPS) is 30.9. The fraction of sp³-hybridized carbons (Fsp3) is 0.600. The van der Waals surface area contributed by atoms with Crippen LogP contribution in [-0.4, -0.2) is 42.9 Å². The summed E-state index contributed by atoms with van der Waals surface area (Å²) in [5.41, 5.74) is 2.40. The second kappa shape index (κ2) is 5.00. The smallest absolute Gasteiger partial charge is 0.0950 e. The first-order chi connectivity index (χ1) is 8.75. The fourth-order valence-corrected chi connectivity index (χ4v) is 3.22. The van der Waals surface area contributed by atoms with Crippen LogP contribution in [0.5, 0.6) is 0 Å². The molecule has 98 valence electrons. The quantitative estimate of drug-likeness (QED) is 0.881. The number of nitrogens with zero attached hydrogens (tertiary/aromatic N) is 1. The van der Waals surface area contributed by atoms with Crippen molar-refractivity contribution >= 4 is 0 Å². The Morgan fingerprint density at radius 2 is 2.22 bits per heavy atom. The monoisotopic (exact) mass is 247 g/mol. The number of aliphatic hydroxyl groups excluding tert-OH is 1. The van der Waals surface area contributed by atoms with E-state index in [0.29, 0.717) is 5.92 Å². The third-order valence-corrected chi connectivity index (χ3v) is 4.30. The van der Waals surface area contributed by atoms with Gasteiger partial charge in [-0.1, -0.05) is 24.3 Å². The van der Waals surface area contributed by atoms with Gasteiger partial charge in [-0.05, 0) is 36.9 Å². The minimum Gasteiger partial charge on any atom is -0.387 e. The van der Waals surface area contributed by atoms with E-state index in [9.17, 15) is 5.11 Å². The second-order valence-electron chi connectivity index (χ2n) is 5.58. The molecule has 0 saturated carbocycles. The number of benzene rings is 1. The first-order valence-electron chi connectivity index (χ1n) is 6.79. The summed E-state index contributed by atoms with van der Waals surface area (Å²) in [5, 5.41) is 10.4. The van der Waals surface area contributed by atoms with Gasteiger partial charge in [0.25, 0.3) is 0 Å². The van der Waals surface area contributed by atoms with Gasteiger partial charge < -0.3 is 9.84 Å². The van der Waals surface area contributed by atoms with Crippen LogP contribution in [0.25, 0.3) is 0 Å². The molecule has 3 atom stereocenters. The van der Waals surface area contributed by atoms with Gasteiger partial charge in [-0.15, -0.1) is 0 Å². The van der Waals surface area contributed by atoms with Crippen molar-refractivity contribution in [3.8, 4) is 0 Å². The Hall–Kier alpha value is -0.900. The lowest BCUT2D eigenvalue weighted by molar-refractivity contribution is 0.0651. The SMILES string of the molecule is CN(CC1CCOC1)C1Cc2ccccc2C1O. The zero-order valence-electron chi connectivity index (χ0n) is 10.9. The van der Waals surface area contributed by atoms with Crippen molar-refractivity contribution in [2.45, 2.75) is 25.0 Å². The van der Waals surface area contributed by atoms with Crippen LogP contribution in [0, 0.1) is 5.92 Å². The minimum absolute atomic E-state index is 0.225. The summed E-state index contributed by atoms with van der Waals surface area (Å²) in [7, 11) is 2.12. The van der Waals surface area contributed by atoms with E-state index < -0.39 is 0 Å². The molecule has 0 radical (unpaired) electrons. The lowest BCUT2D eigenvalue weighted by atomic mass is 10.1. The highest BCUT2D eigenvalue weighted by molar-refractivity contribution is 5.35. The van der Waals surface area contributed by atoms with Crippen molar-refractivity contribution in [1.82, 2.24) is 4.90 Å². The van der Waals surface area contributed by atoms with Crippen LogP contribution >= 0.6 is 0 Å². The number of hydrogen-bond donors (Lipinski definition) is 1. The predicted molar refractivity (Wildman–Crippen MR) is 70.4 cm³/mol. The second-order valence-corrected chi connectivity index (χ2v) is 5.58. The summed E-state index contributed by atoms with van der Waals surface area (Å²) in [6, 6.07) is 8.47. The van der Waals surface area contributed by atoms with Gasteiger partial charge in [0.2, 0.25) is 0 Å². The molecule has 1 heterocycles. The number of rotatable bonds is 3. The van der Waals surface area contributed by atoms with Gasteiger partial charge in [-0.25, -0.2) is 0 Å². The average molecular weight is 247 g/mol. The molecule has 1 aromatic rings. The van der Waals surface area contributed by atoms with Gasteiger partial charge in [-0.2, -0.15) is 0 Å². The summed E-state index contributed by atoms with van der Waals surface area (Å²) in [4.78, 5) is 2.31. The van der Waals surface area contributed by atoms with Crippen LogP contribution in [0.3, 0.4) is 0 Å². The Bertz CT molecular complexity index is 415. The highest BCUT2D eigenvalue weighted by atomic mass is 16.5. The molecular weight excluding hydrogens is 226 g/mol. The third kappa shape index (κ3) is 2.18. The lowest BCUT2D eigenvalue weighted by Crippen LogP contribution is -2.38. The summed E-state index contributed by atoms with van der Waals surface area (Å²) >= 11 is 0. The Labute approximate surface area is 108 Å². The number of fused-ring (bicyclic) bond motifs is 1. The third-order valence-electron chi connectivity index (χ3n) is 4.30. The van der Waals surface area contributed by atoms with Crippen molar-refractivity contribution in [2.75, 3.05) is 26.8 Å². The van der Waals surface area contributed by atoms with E-state index in [-0.39, 0.29) is 12.1 Å². The molecule has 2 aliphatic rings. The molecular formula is C15H21NO2. The van der Waals surface area contributed by atoms with E-state index in [2.05, 4.69) is 24.1 Å². The van der Waals surface area contributed by atoms with Gasteiger partial charge in [0.15, 0.2) is 0 Å². The maximum atomic E-state index is 10.4. The highest BCUT2D eigenvalue weighted by Gasteiger charge is 2.34. The molecule has 3 rings (SSSR count). The van der Waals surface area contributed by atoms with Crippen LogP contribution in [0.1, 0.15) is 23.7 Å². The first kappa shape index (κ1) is 12.2. The van der Waals surface area contributed by atoms with Gasteiger partial charge in [0.05, 0.1) is 12.7 Å². The zero-order chi connectivity index (χ0) is 12.5. The Morgan fingerprint density at radius 3 is 2.94 bits per heavy atom. The Morgan fingerprint density at radius 1 is 1.39 bits per heavy atom. The van der Waals surface area contributed by atoms with Crippen LogP contribution < -0.4 is 0 Å². The minimum atomic E-state index is -0.339. The maximum Gasteiger partial charge on any atom is 0.0950 e. The fourth-order valence-electron chi connectivity index (χ4n) is 3.22. The number of likely N-dealkylation sites (N-methyl/N-ethyl adjacent to an activating group) is 1. The largest absolute Gasteiger partial charge is 0.387 e. The molecule has 0 bridgehead atoms. The standard InChI is InChI=1S/C15H21NO2/c1-16(9-11-6-7-18-10-11)14-8-12-4-2-3-5-13(12)15(14)17/h2-5,11,14-15,17H,6-10H2,1H3. The number of ether oxygens (including phenoxy) is 1.